The van der Waals surface area contributed by atoms with Crippen LogP contribution in [0.4, 0.5) is 26.3 Å². The van der Waals surface area contributed by atoms with E-state index < -0.39 is 23.5 Å². The van der Waals surface area contributed by atoms with Gasteiger partial charge in [0, 0.05) is 23.3 Å². The van der Waals surface area contributed by atoms with Crippen LogP contribution in [0, 0.1) is 12.3 Å². The van der Waals surface area contributed by atoms with E-state index in [0.717, 1.165) is 24.3 Å². The maximum atomic E-state index is 13.0. The lowest BCUT2D eigenvalue weighted by Gasteiger charge is -2.12. The summed E-state index contributed by atoms with van der Waals surface area (Å²) in [6, 6.07) is 11.7. The molecule has 0 atom stereocenters. The number of hydrogen-bond acceptors (Lipinski definition) is 2. The third-order valence-corrected chi connectivity index (χ3v) is 4.11. The number of terminal acetylenes is 1. The molecule has 0 bridgehead atoms. The fraction of sp³-hybridized carbons (Fsp3) is 0.136. The number of hydrogen-bond donors (Lipinski definition) is 0. The molecule has 0 amide bonds. The van der Waals surface area contributed by atoms with Gasteiger partial charge in [0.25, 0.3) is 0 Å². The maximum absolute atomic E-state index is 13.0. The molecule has 0 unspecified atom stereocenters. The predicted octanol–water partition coefficient (Wildman–Crippen LogP) is 6.47. The van der Waals surface area contributed by atoms with Crippen LogP contribution in [0.25, 0.3) is 22.5 Å². The Kier molecular flexibility index (Phi) is 5.74. The Balaban J connectivity index is 2.08. The van der Waals surface area contributed by atoms with Gasteiger partial charge in [0.2, 0.25) is 0 Å². The van der Waals surface area contributed by atoms with Gasteiger partial charge in [-0.3, -0.25) is 0 Å². The van der Waals surface area contributed by atoms with Crippen LogP contribution in [0.3, 0.4) is 0 Å². The molecule has 1 heterocycles. The van der Waals surface area contributed by atoms with Crippen molar-refractivity contribution in [1.82, 2.24) is 4.98 Å². The molecule has 8 heteroatoms. The van der Waals surface area contributed by atoms with Gasteiger partial charge in [0.05, 0.1) is 22.5 Å². The minimum atomic E-state index is -4.54. The normalized spacial score (nSPS) is 11.8. The van der Waals surface area contributed by atoms with Crippen LogP contribution in [0.15, 0.2) is 60.7 Å². The number of nitrogens with zero attached hydrogens (tertiary/aromatic N) is 1. The van der Waals surface area contributed by atoms with Crippen molar-refractivity contribution in [2.75, 3.05) is 6.61 Å². The van der Waals surface area contributed by atoms with Crippen LogP contribution in [0.5, 0.6) is 5.75 Å². The SMILES string of the molecule is C#CCOc1cc(-c2ccc(C(F)(F)F)cc2)nc(-c2cccc(C(F)(F)F)c2)c1. The average Bonchev–Trinajstić information content (AvgIpc) is 2.71. The van der Waals surface area contributed by atoms with E-state index in [9.17, 15) is 26.3 Å². The van der Waals surface area contributed by atoms with E-state index in [1.807, 2.05) is 0 Å². The van der Waals surface area contributed by atoms with E-state index in [1.165, 1.54) is 36.4 Å². The standard InChI is InChI=1S/C22H13F6NO/c1-2-10-30-18-12-19(14-6-8-16(9-7-14)21(23,24)25)29-20(13-18)15-4-3-5-17(11-15)22(26,27)28/h1,3-9,11-13H,10H2. The maximum Gasteiger partial charge on any atom is 0.416 e. The molecule has 2 aromatic carbocycles. The van der Waals surface area contributed by atoms with Crippen LogP contribution >= 0.6 is 0 Å². The molecule has 30 heavy (non-hydrogen) atoms. The van der Waals surface area contributed by atoms with E-state index in [2.05, 4.69) is 10.9 Å². The van der Waals surface area contributed by atoms with Gasteiger partial charge < -0.3 is 4.74 Å². The Bertz CT molecular complexity index is 1080. The van der Waals surface area contributed by atoms with Crippen LogP contribution in [-0.2, 0) is 12.4 Å². The molecular formula is C22H13F6NO. The lowest BCUT2D eigenvalue weighted by Crippen LogP contribution is -2.05. The zero-order valence-corrected chi connectivity index (χ0v) is 15.2. The summed E-state index contributed by atoms with van der Waals surface area (Å²) >= 11 is 0. The number of rotatable bonds is 4. The number of aromatic nitrogens is 1. The lowest BCUT2D eigenvalue weighted by atomic mass is 10.0. The molecule has 1 aromatic heterocycles. The third kappa shape index (κ3) is 4.92. The van der Waals surface area contributed by atoms with Gasteiger partial charge in [-0.05, 0) is 24.3 Å². The summed E-state index contributed by atoms with van der Waals surface area (Å²) in [6.45, 7) is -0.0987. The fourth-order valence-electron chi connectivity index (χ4n) is 2.69. The molecule has 0 aliphatic carbocycles. The number of ether oxygens (including phenoxy) is 1. The Morgan fingerprint density at radius 2 is 1.37 bits per heavy atom. The molecule has 0 fully saturated rings. The molecule has 0 saturated carbocycles. The quantitative estimate of drug-likeness (QED) is 0.356. The number of benzene rings is 2. The Morgan fingerprint density at radius 1 is 0.767 bits per heavy atom. The molecule has 154 valence electrons. The van der Waals surface area contributed by atoms with Crippen molar-refractivity contribution in [2.45, 2.75) is 12.4 Å². The van der Waals surface area contributed by atoms with Gasteiger partial charge in [-0.25, -0.2) is 4.98 Å². The first-order valence-electron chi connectivity index (χ1n) is 8.51. The van der Waals surface area contributed by atoms with Crippen molar-refractivity contribution >= 4 is 0 Å². The highest BCUT2D eigenvalue weighted by atomic mass is 19.4. The monoisotopic (exact) mass is 421 g/mol. The average molecular weight is 421 g/mol. The zero-order chi connectivity index (χ0) is 21.9. The van der Waals surface area contributed by atoms with Crippen molar-refractivity contribution in [3.63, 3.8) is 0 Å². The summed E-state index contributed by atoms with van der Waals surface area (Å²) in [7, 11) is 0. The van der Waals surface area contributed by atoms with Crippen LogP contribution in [0.2, 0.25) is 0 Å². The van der Waals surface area contributed by atoms with E-state index in [-0.39, 0.29) is 29.3 Å². The number of alkyl halides is 6. The van der Waals surface area contributed by atoms with Gasteiger partial charge in [0.15, 0.2) is 0 Å². The van der Waals surface area contributed by atoms with E-state index in [1.54, 1.807) is 0 Å². The number of pyridine rings is 1. The minimum Gasteiger partial charge on any atom is -0.481 e. The summed E-state index contributed by atoms with van der Waals surface area (Å²) in [4.78, 5) is 4.32. The summed E-state index contributed by atoms with van der Waals surface area (Å²) in [5.41, 5.74) is -0.792. The summed E-state index contributed by atoms with van der Waals surface area (Å²) in [5.74, 6) is 2.50. The first-order chi connectivity index (χ1) is 14.1. The Hall–Kier alpha value is -3.47. The van der Waals surface area contributed by atoms with Gasteiger partial charge in [-0.1, -0.05) is 30.2 Å². The largest absolute Gasteiger partial charge is 0.481 e. The Labute approximate surface area is 168 Å². The molecule has 0 radical (unpaired) electrons. The highest BCUT2D eigenvalue weighted by Crippen LogP contribution is 2.35. The second-order valence-electron chi connectivity index (χ2n) is 6.22. The van der Waals surface area contributed by atoms with E-state index in [4.69, 9.17) is 11.2 Å². The van der Waals surface area contributed by atoms with Gasteiger partial charge in [0.1, 0.15) is 12.4 Å². The van der Waals surface area contributed by atoms with Crippen LogP contribution < -0.4 is 4.74 Å². The highest BCUT2D eigenvalue weighted by molar-refractivity contribution is 5.69. The number of halogens is 6. The second kappa shape index (κ2) is 8.11. The first kappa shape index (κ1) is 21.2. The van der Waals surface area contributed by atoms with Crippen molar-refractivity contribution in [1.29, 1.82) is 0 Å². The molecule has 0 aliphatic rings. The summed E-state index contributed by atoms with van der Waals surface area (Å²) in [5, 5.41) is 0. The molecule has 0 saturated heterocycles. The van der Waals surface area contributed by atoms with Crippen molar-refractivity contribution in [2.24, 2.45) is 0 Å². The van der Waals surface area contributed by atoms with Gasteiger partial charge in [-0.15, -0.1) is 6.42 Å². The molecule has 3 aromatic rings. The minimum absolute atomic E-state index is 0.0987. The van der Waals surface area contributed by atoms with Gasteiger partial charge >= 0.3 is 12.4 Å². The molecule has 0 aliphatic heterocycles. The van der Waals surface area contributed by atoms with Crippen molar-refractivity contribution in [3.8, 4) is 40.6 Å². The van der Waals surface area contributed by atoms with Crippen LogP contribution in [-0.4, -0.2) is 11.6 Å². The second-order valence-corrected chi connectivity index (χ2v) is 6.22. The molecular weight excluding hydrogens is 408 g/mol. The highest BCUT2D eigenvalue weighted by Gasteiger charge is 2.31. The fourth-order valence-corrected chi connectivity index (χ4v) is 2.69. The molecule has 0 spiro atoms. The topological polar surface area (TPSA) is 22.1 Å². The predicted molar refractivity (Wildman–Crippen MR) is 99.4 cm³/mol. The van der Waals surface area contributed by atoms with Crippen LogP contribution in [0.1, 0.15) is 11.1 Å². The van der Waals surface area contributed by atoms with E-state index >= 15 is 0 Å². The lowest BCUT2D eigenvalue weighted by molar-refractivity contribution is -0.138. The zero-order valence-electron chi connectivity index (χ0n) is 15.2. The first-order valence-corrected chi connectivity index (χ1v) is 8.51. The molecule has 2 nitrogen and oxygen atoms in total. The Morgan fingerprint density at radius 3 is 1.93 bits per heavy atom. The molecule has 0 N–H and O–H groups in total. The van der Waals surface area contributed by atoms with Gasteiger partial charge in [-0.2, -0.15) is 26.3 Å². The summed E-state index contributed by atoms with van der Waals surface area (Å²) in [6.07, 6.45) is -3.85. The summed E-state index contributed by atoms with van der Waals surface area (Å²) < 4.78 is 82.9. The van der Waals surface area contributed by atoms with Crippen molar-refractivity contribution < 1.29 is 31.1 Å². The third-order valence-electron chi connectivity index (χ3n) is 4.11. The van der Waals surface area contributed by atoms with Crippen molar-refractivity contribution in [3.05, 3.63) is 71.8 Å². The molecule has 3 rings (SSSR count). The smallest absolute Gasteiger partial charge is 0.416 e. The van der Waals surface area contributed by atoms with E-state index in [0.29, 0.717) is 5.56 Å².